The molecule has 0 saturated carbocycles. The monoisotopic (exact) mass is 693 g/mol. The summed E-state index contributed by atoms with van der Waals surface area (Å²) in [5, 5.41) is 0.0931. The minimum absolute atomic E-state index is 0.00190. The normalized spacial score (nSPS) is 17.7. The number of piperazine rings is 1. The van der Waals surface area contributed by atoms with E-state index in [2.05, 4.69) is 14.9 Å². The van der Waals surface area contributed by atoms with Crippen LogP contribution in [0, 0.1) is 18.6 Å². The van der Waals surface area contributed by atoms with Gasteiger partial charge in [0.05, 0.1) is 34.7 Å². The number of carbonyl (C=O) groups is 1. The van der Waals surface area contributed by atoms with Crippen molar-refractivity contribution >= 4 is 38.3 Å². The summed E-state index contributed by atoms with van der Waals surface area (Å²) >= 11 is 0. The molecule has 1 atom stereocenters. The molecule has 4 aromatic rings. The van der Waals surface area contributed by atoms with Crippen molar-refractivity contribution in [2.75, 3.05) is 69.4 Å². The molecule has 2 N–H and O–H groups in total. The summed E-state index contributed by atoms with van der Waals surface area (Å²) in [7, 11) is -3.87. The van der Waals surface area contributed by atoms with Gasteiger partial charge in [-0.05, 0) is 43.7 Å². The summed E-state index contributed by atoms with van der Waals surface area (Å²) in [6, 6.07) is 9.18. The van der Waals surface area contributed by atoms with E-state index < -0.39 is 32.9 Å². The number of nitrogens with zero attached hydrogens (tertiary/aromatic N) is 6. The average Bonchev–Trinajstić information content (AvgIpc) is 3.05. The van der Waals surface area contributed by atoms with Gasteiger partial charge in [0, 0.05) is 63.3 Å². The number of aromatic nitrogens is 3. The highest BCUT2D eigenvalue weighted by molar-refractivity contribution is 7.90. The van der Waals surface area contributed by atoms with E-state index in [-0.39, 0.29) is 57.2 Å². The lowest BCUT2D eigenvalue weighted by Gasteiger charge is -2.40. The standard InChI is InChI=1S/C34H37F2N7O5S/c1-21-7-4-10-27(49(3,46)47)31(21)43-33-23(19-25(36)30(38-33)29-24(35)8-5-9-26(29)37)32(39-34(43)45)42-14-13-41(20-22(42)2)28(44)11-6-12-40-15-17-48-18-16-40/h4-11,19,22H,12-18,20,37H2,1-3H3/b11-6+/t22-/m0/s1. The van der Waals surface area contributed by atoms with E-state index in [1.165, 1.54) is 18.2 Å². The number of hydrogen-bond acceptors (Lipinski definition) is 10. The number of rotatable bonds is 7. The predicted molar refractivity (Wildman–Crippen MR) is 183 cm³/mol. The molecule has 6 rings (SSSR count). The number of pyridine rings is 1. The Labute approximate surface area is 282 Å². The molecule has 0 aliphatic carbocycles. The number of para-hydroxylation sites is 1. The Kier molecular flexibility index (Phi) is 9.51. The Hall–Kier alpha value is -4.73. The molecule has 2 aromatic carbocycles. The number of hydrogen-bond donors (Lipinski definition) is 1. The lowest BCUT2D eigenvalue weighted by Crippen LogP contribution is -2.54. The summed E-state index contributed by atoms with van der Waals surface area (Å²) < 4.78 is 63.3. The predicted octanol–water partition coefficient (Wildman–Crippen LogP) is 2.95. The van der Waals surface area contributed by atoms with Gasteiger partial charge in [0.2, 0.25) is 5.91 Å². The Balaban J connectivity index is 1.45. The molecule has 258 valence electrons. The van der Waals surface area contributed by atoms with Crippen molar-refractivity contribution in [1.29, 1.82) is 0 Å². The van der Waals surface area contributed by atoms with Gasteiger partial charge in [-0.3, -0.25) is 9.69 Å². The van der Waals surface area contributed by atoms with E-state index in [0.29, 0.717) is 38.4 Å². The maximum absolute atomic E-state index is 16.0. The largest absolute Gasteiger partial charge is 0.398 e. The highest BCUT2D eigenvalue weighted by Crippen LogP contribution is 2.35. The third kappa shape index (κ3) is 6.78. The molecular formula is C34H37F2N7O5S. The van der Waals surface area contributed by atoms with Crippen LogP contribution in [0.25, 0.3) is 28.0 Å². The Morgan fingerprint density at radius 3 is 2.49 bits per heavy atom. The zero-order valence-corrected chi connectivity index (χ0v) is 28.2. The lowest BCUT2D eigenvalue weighted by molar-refractivity contribution is -0.126. The number of aryl methyl sites for hydroxylation is 1. The molecule has 2 fully saturated rings. The molecule has 49 heavy (non-hydrogen) atoms. The smallest absolute Gasteiger partial charge is 0.355 e. The third-order valence-electron chi connectivity index (χ3n) is 8.85. The average molecular weight is 694 g/mol. The first kappa shape index (κ1) is 34.1. The third-order valence-corrected chi connectivity index (χ3v) is 9.98. The van der Waals surface area contributed by atoms with Crippen LogP contribution in [-0.4, -0.2) is 103 Å². The van der Waals surface area contributed by atoms with Gasteiger partial charge < -0.3 is 20.3 Å². The van der Waals surface area contributed by atoms with Crippen LogP contribution in [0.5, 0.6) is 0 Å². The SMILES string of the molecule is Cc1cccc(S(C)(=O)=O)c1-n1c(=O)nc(N2CCN(C(=O)/C=C/CN3CCOCC3)C[C@@H]2C)c2cc(F)c(-c3c(N)cccc3F)nc21. The van der Waals surface area contributed by atoms with Gasteiger partial charge in [0.1, 0.15) is 17.3 Å². The van der Waals surface area contributed by atoms with Gasteiger partial charge in [-0.25, -0.2) is 31.5 Å². The van der Waals surface area contributed by atoms with Crippen molar-refractivity contribution in [2.24, 2.45) is 0 Å². The topological polar surface area (TPSA) is 144 Å². The van der Waals surface area contributed by atoms with Gasteiger partial charge in [0.25, 0.3) is 0 Å². The zero-order chi connectivity index (χ0) is 35.0. The molecule has 4 heterocycles. The summed E-state index contributed by atoms with van der Waals surface area (Å²) in [4.78, 5) is 41.5. The second-order valence-electron chi connectivity index (χ2n) is 12.3. The van der Waals surface area contributed by atoms with E-state index in [1.807, 2.05) is 13.0 Å². The van der Waals surface area contributed by atoms with E-state index in [1.54, 1.807) is 34.9 Å². The van der Waals surface area contributed by atoms with E-state index in [0.717, 1.165) is 36.0 Å². The van der Waals surface area contributed by atoms with Crippen LogP contribution in [0.2, 0.25) is 0 Å². The van der Waals surface area contributed by atoms with Gasteiger partial charge in [-0.1, -0.05) is 24.3 Å². The molecule has 2 aliphatic rings. The van der Waals surface area contributed by atoms with E-state index in [4.69, 9.17) is 10.5 Å². The number of carbonyl (C=O) groups excluding carboxylic acids is 1. The maximum atomic E-state index is 16.0. The second-order valence-corrected chi connectivity index (χ2v) is 14.3. The van der Waals surface area contributed by atoms with Crippen molar-refractivity contribution < 1.29 is 26.7 Å². The number of amides is 1. The van der Waals surface area contributed by atoms with Crippen LogP contribution in [0.1, 0.15) is 12.5 Å². The number of ether oxygens (including phenoxy) is 1. The maximum Gasteiger partial charge on any atom is 0.355 e. The molecule has 12 nitrogen and oxygen atoms in total. The molecule has 2 aromatic heterocycles. The van der Waals surface area contributed by atoms with Gasteiger partial charge in [-0.15, -0.1) is 0 Å². The number of nitrogens with two attached hydrogens (primary N) is 1. The zero-order valence-electron chi connectivity index (χ0n) is 27.4. The number of nitrogen functional groups attached to an aromatic ring is 1. The van der Waals surface area contributed by atoms with E-state index >= 15 is 8.78 Å². The first-order valence-corrected chi connectivity index (χ1v) is 17.7. The highest BCUT2D eigenvalue weighted by Gasteiger charge is 2.31. The van der Waals surface area contributed by atoms with Crippen LogP contribution < -0.4 is 16.3 Å². The second kappa shape index (κ2) is 13.6. The van der Waals surface area contributed by atoms with Gasteiger partial charge in [-0.2, -0.15) is 4.98 Å². The van der Waals surface area contributed by atoms with Gasteiger partial charge >= 0.3 is 5.69 Å². The van der Waals surface area contributed by atoms with Crippen LogP contribution in [0.4, 0.5) is 20.3 Å². The summed E-state index contributed by atoms with van der Waals surface area (Å²) in [5.41, 5.74) is 4.65. The number of morpholine rings is 1. The van der Waals surface area contributed by atoms with Crippen LogP contribution in [0.15, 0.2) is 64.3 Å². The van der Waals surface area contributed by atoms with Crippen LogP contribution in [0.3, 0.4) is 0 Å². The number of anilines is 2. The van der Waals surface area contributed by atoms with Crippen molar-refractivity contribution in [3.05, 3.63) is 82.3 Å². The summed E-state index contributed by atoms with van der Waals surface area (Å²) in [6.45, 7) is 7.91. The lowest BCUT2D eigenvalue weighted by atomic mass is 10.1. The summed E-state index contributed by atoms with van der Waals surface area (Å²) in [6.07, 6.45) is 4.41. The first-order valence-electron chi connectivity index (χ1n) is 15.8. The van der Waals surface area contributed by atoms with E-state index in [9.17, 15) is 18.0 Å². The minimum Gasteiger partial charge on any atom is -0.398 e. The Bertz CT molecular complexity index is 2110. The summed E-state index contributed by atoms with van der Waals surface area (Å²) in [5.74, 6) is -1.79. The first-order chi connectivity index (χ1) is 23.3. The number of halogens is 2. The van der Waals surface area contributed by atoms with Crippen molar-refractivity contribution in [2.45, 2.75) is 24.8 Å². The highest BCUT2D eigenvalue weighted by atomic mass is 32.2. The quantitative estimate of drug-likeness (QED) is 0.227. The van der Waals surface area contributed by atoms with Crippen LogP contribution in [-0.2, 0) is 19.4 Å². The molecule has 0 bridgehead atoms. The molecular weight excluding hydrogens is 656 g/mol. The fraction of sp³-hybridized carbons (Fsp3) is 0.353. The fourth-order valence-electron chi connectivity index (χ4n) is 6.37. The molecule has 1 amide bonds. The molecule has 2 aliphatic heterocycles. The Morgan fingerprint density at radius 2 is 1.80 bits per heavy atom. The van der Waals surface area contributed by atoms with Crippen molar-refractivity contribution in [3.8, 4) is 16.9 Å². The van der Waals surface area contributed by atoms with Crippen molar-refractivity contribution in [1.82, 2.24) is 24.3 Å². The molecule has 15 heteroatoms. The molecule has 0 radical (unpaired) electrons. The van der Waals surface area contributed by atoms with Crippen molar-refractivity contribution in [3.63, 3.8) is 0 Å². The molecule has 2 saturated heterocycles. The fourth-order valence-corrected chi connectivity index (χ4v) is 7.30. The molecule has 0 spiro atoms. The van der Waals surface area contributed by atoms with Crippen LogP contribution >= 0.6 is 0 Å². The van der Waals surface area contributed by atoms with Gasteiger partial charge in [0.15, 0.2) is 21.3 Å². The number of fused-ring (bicyclic) bond motifs is 1. The number of benzene rings is 2. The number of sulfone groups is 1. The minimum atomic E-state index is -3.87. The Morgan fingerprint density at radius 1 is 1.06 bits per heavy atom. The molecule has 0 unspecified atom stereocenters.